The van der Waals surface area contributed by atoms with E-state index in [9.17, 15) is 10.2 Å². The molecule has 1 aromatic carbocycles. The van der Waals surface area contributed by atoms with Crippen molar-refractivity contribution in [3.05, 3.63) is 34.9 Å². The number of benzene rings is 1. The molecule has 1 atom stereocenters. The first-order valence-corrected chi connectivity index (χ1v) is 6.65. The number of hydrogen-bond donors (Lipinski definition) is 2. The van der Waals surface area contributed by atoms with Crippen molar-refractivity contribution < 1.29 is 14.9 Å². The number of allylic oxidation sites excluding steroid dienone is 2. The van der Waals surface area contributed by atoms with E-state index in [4.69, 9.17) is 4.74 Å². The van der Waals surface area contributed by atoms with Crippen LogP contribution in [0.15, 0.2) is 23.8 Å². The molecule has 0 radical (unpaired) electrons. The van der Waals surface area contributed by atoms with Gasteiger partial charge in [-0.1, -0.05) is 11.6 Å². The second-order valence-corrected chi connectivity index (χ2v) is 6.09. The zero-order chi connectivity index (χ0) is 14.2. The first-order valence-electron chi connectivity index (χ1n) is 6.65. The lowest BCUT2D eigenvalue weighted by Gasteiger charge is -2.35. The summed E-state index contributed by atoms with van der Waals surface area (Å²) in [4.78, 5) is 0. The van der Waals surface area contributed by atoms with Gasteiger partial charge >= 0.3 is 0 Å². The van der Waals surface area contributed by atoms with Gasteiger partial charge in [-0.2, -0.15) is 0 Å². The molecule has 0 amide bonds. The molecule has 2 N–H and O–H groups in total. The number of aliphatic hydroxyl groups is 1. The summed E-state index contributed by atoms with van der Waals surface area (Å²) < 4.78 is 5.90. The first-order chi connectivity index (χ1) is 8.78. The van der Waals surface area contributed by atoms with Gasteiger partial charge in [0.15, 0.2) is 0 Å². The number of hydrogen-bond acceptors (Lipinski definition) is 3. The lowest BCUT2D eigenvalue weighted by Crippen LogP contribution is -2.34. The lowest BCUT2D eigenvalue weighted by atomic mass is 9.90. The summed E-state index contributed by atoms with van der Waals surface area (Å²) in [5.41, 5.74) is 2.33. The number of phenolic OH excluding ortho intramolecular Hbond substituents is 1. The standard InChI is InChI=1S/C16H22O3/c1-10(2)5-6-11-7-15-12(8-13(11)17)14(18)9-16(3,4)19-15/h5,7-8,14,17-18H,6,9H2,1-4H3. The van der Waals surface area contributed by atoms with E-state index in [0.717, 1.165) is 5.56 Å². The summed E-state index contributed by atoms with van der Waals surface area (Å²) in [7, 11) is 0. The van der Waals surface area contributed by atoms with Gasteiger partial charge in [0.2, 0.25) is 0 Å². The van der Waals surface area contributed by atoms with Crippen molar-refractivity contribution in [2.45, 2.75) is 52.2 Å². The minimum Gasteiger partial charge on any atom is -0.508 e. The molecule has 0 aromatic heterocycles. The van der Waals surface area contributed by atoms with Gasteiger partial charge in [-0.3, -0.25) is 0 Å². The average Bonchev–Trinajstić information content (AvgIpc) is 2.26. The lowest BCUT2D eigenvalue weighted by molar-refractivity contribution is 0.0113. The largest absolute Gasteiger partial charge is 0.508 e. The zero-order valence-corrected chi connectivity index (χ0v) is 12.0. The third kappa shape index (κ3) is 3.10. The summed E-state index contributed by atoms with van der Waals surface area (Å²) in [6.07, 6.45) is 2.68. The number of ether oxygens (including phenoxy) is 1. The number of aliphatic hydroxyl groups excluding tert-OH is 1. The SMILES string of the molecule is CC(C)=CCc1cc2c(cc1O)C(O)CC(C)(C)O2. The molecule has 0 bridgehead atoms. The predicted molar refractivity (Wildman–Crippen MR) is 75.5 cm³/mol. The number of fused-ring (bicyclic) bond motifs is 1. The Balaban J connectivity index is 2.39. The molecule has 1 aliphatic rings. The summed E-state index contributed by atoms with van der Waals surface area (Å²) >= 11 is 0. The average molecular weight is 262 g/mol. The van der Waals surface area contributed by atoms with Crippen LogP contribution in [0.3, 0.4) is 0 Å². The second-order valence-electron chi connectivity index (χ2n) is 6.09. The van der Waals surface area contributed by atoms with Crippen molar-refractivity contribution in [1.29, 1.82) is 0 Å². The molecule has 1 aromatic rings. The Bertz CT molecular complexity index is 511. The van der Waals surface area contributed by atoms with E-state index in [1.54, 1.807) is 6.07 Å². The van der Waals surface area contributed by atoms with Crippen LogP contribution in [0.2, 0.25) is 0 Å². The molecule has 3 nitrogen and oxygen atoms in total. The molecule has 1 heterocycles. The Hall–Kier alpha value is -1.48. The van der Waals surface area contributed by atoms with Crippen LogP contribution in [-0.4, -0.2) is 15.8 Å². The molecule has 0 aliphatic carbocycles. The molecule has 0 fully saturated rings. The maximum absolute atomic E-state index is 10.1. The van der Waals surface area contributed by atoms with Gasteiger partial charge in [0.1, 0.15) is 17.1 Å². The van der Waals surface area contributed by atoms with Crippen LogP contribution in [0.25, 0.3) is 0 Å². The van der Waals surface area contributed by atoms with Gasteiger partial charge in [0.25, 0.3) is 0 Å². The van der Waals surface area contributed by atoms with Crippen molar-refractivity contribution in [1.82, 2.24) is 0 Å². The van der Waals surface area contributed by atoms with Crippen molar-refractivity contribution >= 4 is 0 Å². The quantitative estimate of drug-likeness (QED) is 0.802. The fraction of sp³-hybridized carbons (Fsp3) is 0.500. The molecule has 2 rings (SSSR count). The van der Waals surface area contributed by atoms with Crippen molar-refractivity contribution in [3.63, 3.8) is 0 Å². The molecule has 19 heavy (non-hydrogen) atoms. The highest BCUT2D eigenvalue weighted by atomic mass is 16.5. The van der Waals surface area contributed by atoms with E-state index >= 15 is 0 Å². The minimum atomic E-state index is -0.581. The van der Waals surface area contributed by atoms with Crippen LogP contribution in [0.5, 0.6) is 11.5 Å². The highest BCUT2D eigenvalue weighted by molar-refractivity contribution is 5.49. The highest BCUT2D eigenvalue weighted by Crippen LogP contribution is 2.42. The molecule has 0 spiro atoms. The maximum Gasteiger partial charge on any atom is 0.126 e. The van der Waals surface area contributed by atoms with E-state index in [0.29, 0.717) is 24.2 Å². The summed E-state index contributed by atoms with van der Waals surface area (Å²) in [5, 5.41) is 20.2. The number of phenols is 1. The summed E-state index contributed by atoms with van der Waals surface area (Å²) in [6.45, 7) is 7.97. The predicted octanol–water partition coefficient (Wildman–Crippen LogP) is 3.50. The monoisotopic (exact) mass is 262 g/mol. The van der Waals surface area contributed by atoms with Crippen LogP contribution < -0.4 is 4.74 Å². The van der Waals surface area contributed by atoms with E-state index in [1.165, 1.54) is 5.57 Å². The number of rotatable bonds is 2. The molecule has 1 unspecified atom stereocenters. The van der Waals surface area contributed by atoms with Gasteiger partial charge in [-0.15, -0.1) is 0 Å². The van der Waals surface area contributed by atoms with Crippen LogP contribution in [0, 0.1) is 0 Å². The topological polar surface area (TPSA) is 49.7 Å². The normalized spacial score (nSPS) is 20.4. The van der Waals surface area contributed by atoms with E-state index in [-0.39, 0.29) is 11.4 Å². The Kier molecular flexibility index (Phi) is 3.59. The first kappa shape index (κ1) is 13.9. The van der Waals surface area contributed by atoms with E-state index in [2.05, 4.69) is 6.08 Å². The third-order valence-corrected chi connectivity index (χ3v) is 3.37. The molecule has 0 saturated heterocycles. The molecule has 0 saturated carbocycles. The van der Waals surface area contributed by atoms with Crippen molar-refractivity contribution in [2.75, 3.05) is 0 Å². The smallest absolute Gasteiger partial charge is 0.126 e. The van der Waals surface area contributed by atoms with E-state index in [1.807, 2.05) is 33.8 Å². The van der Waals surface area contributed by atoms with E-state index < -0.39 is 6.10 Å². The van der Waals surface area contributed by atoms with Gasteiger partial charge in [-0.25, -0.2) is 0 Å². The van der Waals surface area contributed by atoms with Crippen molar-refractivity contribution in [2.24, 2.45) is 0 Å². The summed E-state index contributed by atoms with van der Waals surface area (Å²) in [5.74, 6) is 0.900. The Morgan fingerprint density at radius 2 is 2.11 bits per heavy atom. The third-order valence-electron chi connectivity index (χ3n) is 3.37. The highest BCUT2D eigenvalue weighted by Gasteiger charge is 2.33. The summed E-state index contributed by atoms with van der Waals surface area (Å²) in [6, 6.07) is 3.47. The fourth-order valence-corrected chi connectivity index (χ4v) is 2.37. The van der Waals surface area contributed by atoms with Gasteiger partial charge in [-0.05, 0) is 46.2 Å². The molecular weight excluding hydrogens is 240 g/mol. The zero-order valence-electron chi connectivity index (χ0n) is 12.0. The Morgan fingerprint density at radius 3 is 2.74 bits per heavy atom. The molecule has 104 valence electrons. The van der Waals surface area contributed by atoms with Gasteiger partial charge in [0, 0.05) is 17.5 Å². The minimum absolute atomic E-state index is 0.221. The van der Waals surface area contributed by atoms with Gasteiger partial charge in [0.05, 0.1) is 6.10 Å². The second kappa shape index (κ2) is 4.89. The molecule has 3 heteroatoms. The Labute approximate surface area is 114 Å². The number of aromatic hydroxyl groups is 1. The maximum atomic E-state index is 10.1. The molecule has 1 aliphatic heterocycles. The fourth-order valence-electron chi connectivity index (χ4n) is 2.37. The van der Waals surface area contributed by atoms with Crippen LogP contribution in [0.1, 0.15) is 51.3 Å². The Morgan fingerprint density at radius 1 is 1.42 bits per heavy atom. The molecular formula is C16H22O3. The van der Waals surface area contributed by atoms with Crippen LogP contribution in [0.4, 0.5) is 0 Å². The van der Waals surface area contributed by atoms with Crippen LogP contribution >= 0.6 is 0 Å². The van der Waals surface area contributed by atoms with Crippen molar-refractivity contribution in [3.8, 4) is 11.5 Å². The van der Waals surface area contributed by atoms with Crippen LogP contribution in [-0.2, 0) is 6.42 Å². The van der Waals surface area contributed by atoms with Gasteiger partial charge < -0.3 is 14.9 Å².